The molecule has 1 aliphatic rings. The molecule has 0 bridgehead atoms. The molecule has 0 radical (unpaired) electrons. The van der Waals surface area contributed by atoms with Gasteiger partial charge in [-0.05, 0) is 12.0 Å². The van der Waals surface area contributed by atoms with Gasteiger partial charge in [-0.25, -0.2) is 0 Å². The lowest BCUT2D eigenvalue weighted by Gasteiger charge is -2.14. The molecule has 0 saturated carbocycles. The third kappa shape index (κ3) is 3.15. The van der Waals surface area contributed by atoms with Crippen LogP contribution in [0.4, 0.5) is 0 Å². The van der Waals surface area contributed by atoms with Crippen LogP contribution in [0.3, 0.4) is 0 Å². The molecule has 1 aromatic rings. The lowest BCUT2D eigenvalue weighted by atomic mass is 9.98. The van der Waals surface area contributed by atoms with E-state index >= 15 is 0 Å². The topological polar surface area (TPSA) is 44.5 Å². The second-order valence-electron chi connectivity index (χ2n) is 3.57. The summed E-state index contributed by atoms with van der Waals surface area (Å²) in [5.41, 5.74) is 6.99. The van der Waals surface area contributed by atoms with Crippen molar-refractivity contribution in [2.24, 2.45) is 11.7 Å². The molecule has 0 saturated heterocycles. The highest BCUT2D eigenvalue weighted by Crippen LogP contribution is 2.20. The molecule has 88 valence electrons. The van der Waals surface area contributed by atoms with Gasteiger partial charge in [-0.1, -0.05) is 30.3 Å². The minimum Gasteiger partial charge on any atom is -0.462 e. The van der Waals surface area contributed by atoms with Gasteiger partial charge >= 0.3 is 0 Å². The van der Waals surface area contributed by atoms with Crippen molar-refractivity contribution in [2.75, 3.05) is 13.3 Å². The number of benzene rings is 1. The summed E-state index contributed by atoms with van der Waals surface area (Å²) in [6, 6.07) is 10.3. The van der Waals surface area contributed by atoms with Gasteiger partial charge in [0, 0.05) is 12.5 Å². The summed E-state index contributed by atoms with van der Waals surface area (Å²) in [4.78, 5) is 0. The second-order valence-corrected chi connectivity index (χ2v) is 3.57. The van der Waals surface area contributed by atoms with Gasteiger partial charge in [0.1, 0.15) is 12.0 Å². The Morgan fingerprint density at radius 2 is 2.00 bits per heavy atom. The van der Waals surface area contributed by atoms with E-state index in [1.54, 1.807) is 6.26 Å². The summed E-state index contributed by atoms with van der Waals surface area (Å²) in [7, 11) is 0. The number of rotatable bonds is 4. The first-order chi connectivity index (χ1) is 7.40. The molecule has 0 aromatic heterocycles. The number of halogens is 1. The maximum atomic E-state index is 5.72. The van der Waals surface area contributed by atoms with Crippen molar-refractivity contribution in [1.29, 1.82) is 0 Å². The van der Waals surface area contributed by atoms with Crippen LogP contribution in [0.1, 0.15) is 5.56 Å². The molecule has 0 aliphatic carbocycles. The molecule has 0 spiro atoms. The van der Waals surface area contributed by atoms with Crippen molar-refractivity contribution in [3.63, 3.8) is 0 Å². The SMILES string of the molecule is Cl.NCC(Cc1ccccc1)C1=COCO1. The Kier molecular flexibility index (Phi) is 5.15. The smallest absolute Gasteiger partial charge is 0.229 e. The molecular formula is C12H16ClNO2. The fraction of sp³-hybridized carbons (Fsp3) is 0.333. The fourth-order valence-corrected chi connectivity index (χ4v) is 1.67. The van der Waals surface area contributed by atoms with E-state index in [0.29, 0.717) is 13.3 Å². The highest BCUT2D eigenvalue weighted by Gasteiger charge is 2.18. The number of hydrogen-bond acceptors (Lipinski definition) is 3. The summed E-state index contributed by atoms with van der Waals surface area (Å²) in [6.45, 7) is 0.894. The molecule has 2 rings (SSSR count). The van der Waals surface area contributed by atoms with Crippen LogP contribution < -0.4 is 5.73 Å². The molecule has 1 unspecified atom stereocenters. The molecule has 1 aromatic carbocycles. The zero-order valence-corrected chi connectivity index (χ0v) is 9.78. The Balaban J connectivity index is 0.00000128. The van der Waals surface area contributed by atoms with E-state index < -0.39 is 0 Å². The predicted octanol–water partition coefficient (Wildman–Crippen LogP) is 2.07. The quantitative estimate of drug-likeness (QED) is 0.878. The van der Waals surface area contributed by atoms with Gasteiger partial charge < -0.3 is 15.2 Å². The monoisotopic (exact) mass is 241 g/mol. The molecular weight excluding hydrogens is 226 g/mol. The van der Waals surface area contributed by atoms with Gasteiger partial charge in [-0.2, -0.15) is 0 Å². The molecule has 1 heterocycles. The predicted molar refractivity (Wildman–Crippen MR) is 65.1 cm³/mol. The summed E-state index contributed by atoms with van der Waals surface area (Å²) in [5, 5.41) is 0. The maximum absolute atomic E-state index is 5.72. The molecule has 3 nitrogen and oxygen atoms in total. The van der Waals surface area contributed by atoms with Gasteiger partial charge in [-0.3, -0.25) is 0 Å². The Bertz CT molecular complexity index is 340. The molecule has 1 atom stereocenters. The van der Waals surface area contributed by atoms with Gasteiger partial charge in [0.15, 0.2) is 0 Å². The van der Waals surface area contributed by atoms with E-state index in [1.165, 1.54) is 5.56 Å². The summed E-state index contributed by atoms with van der Waals surface area (Å²) in [6.07, 6.45) is 2.56. The lowest BCUT2D eigenvalue weighted by molar-refractivity contribution is 0.0710. The van der Waals surface area contributed by atoms with E-state index in [4.69, 9.17) is 15.2 Å². The Morgan fingerprint density at radius 3 is 2.56 bits per heavy atom. The van der Waals surface area contributed by atoms with Gasteiger partial charge in [-0.15, -0.1) is 12.4 Å². The van der Waals surface area contributed by atoms with Crippen molar-refractivity contribution in [3.8, 4) is 0 Å². The second kappa shape index (κ2) is 6.40. The van der Waals surface area contributed by atoms with Crippen molar-refractivity contribution in [1.82, 2.24) is 0 Å². The van der Waals surface area contributed by atoms with Gasteiger partial charge in [0.05, 0.1) is 0 Å². The van der Waals surface area contributed by atoms with Crippen LogP contribution in [-0.2, 0) is 15.9 Å². The normalized spacial score (nSPS) is 15.4. The summed E-state index contributed by atoms with van der Waals surface area (Å²) >= 11 is 0. The molecule has 16 heavy (non-hydrogen) atoms. The highest BCUT2D eigenvalue weighted by molar-refractivity contribution is 5.85. The first-order valence-corrected chi connectivity index (χ1v) is 5.08. The van der Waals surface area contributed by atoms with Crippen LogP contribution in [0.2, 0.25) is 0 Å². The number of ether oxygens (including phenoxy) is 2. The standard InChI is InChI=1S/C12H15NO2.ClH/c13-7-11(12-8-14-9-15-12)6-10-4-2-1-3-5-10;/h1-5,8,11H,6-7,9,13H2;1H. The zero-order chi connectivity index (χ0) is 10.5. The summed E-state index contributed by atoms with van der Waals surface area (Å²) in [5.74, 6) is 1.08. The molecule has 0 amide bonds. The van der Waals surface area contributed by atoms with E-state index in [1.807, 2.05) is 18.2 Å². The highest BCUT2D eigenvalue weighted by atomic mass is 35.5. The van der Waals surface area contributed by atoms with E-state index in [-0.39, 0.29) is 18.3 Å². The van der Waals surface area contributed by atoms with Crippen LogP contribution >= 0.6 is 12.4 Å². The largest absolute Gasteiger partial charge is 0.462 e. The average molecular weight is 242 g/mol. The summed E-state index contributed by atoms with van der Waals surface area (Å²) < 4.78 is 10.4. The third-order valence-corrected chi connectivity index (χ3v) is 2.50. The van der Waals surface area contributed by atoms with Crippen LogP contribution in [0.25, 0.3) is 0 Å². The minimum absolute atomic E-state index is 0. The van der Waals surface area contributed by atoms with Crippen LogP contribution in [-0.4, -0.2) is 13.3 Å². The maximum Gasteiger partial charge on any atom is 0.229 e. The van der Waals surface area contributed by atoms with Gasteiger partial charge in [0.2, 0.25) is 6.79 Å². The Hall–Kier alpha value is -1.19. The number of nitrogens with two attached hydrogens (primary N) is 1. The zero-order valence-electron chi connectivity index (χ0n) is 8.96. The fourth-order valence-electron chi connectivity index (χ4n) is 1.67. The Labute approximate surface area is 102 Å². The molecule has 4 heteroatoms. The van der Waals surface area contributed by atoms with Crippen molar-refractivity contribution in [2.45, 2.75) is 6.42 Å². The van der Waals surface area contributed by atoms with E-state index in [2.05, 4.69) is 12.1 Å². The third-order valence-electron chi connectivity index (χ3n) is 2.50. The minimum atomic E-state index is 0. The molecule has 0 fully saturated rings. The van der Waals surface area contributed by atoms with Crippen molar-refractivity contribution < 1.29 is 9.47 Å². The van der Waals surface area contributed by atoms with Crippen molar-refractivity contribution >= 4 is 12.4 Å². The molecule has 1 aliphatic heterocycles. The molecule has 2 N–H and O–H groups in total. The Morgan fingerprint density at radius 1 is 1.25 bits per heavy atom. The average Bonchev–Trinajstić information content (AvgIpc) is 2.81. The number of hydrogen-bond donors (Lipinski definition) is 1. The first kappa shape index (κ1) is 12.9. The first-order valence-electron chi connectivity index (χ1n) is 5.08. The van der Waals surface area contributed by atoms with Crippen LogP contribution in [0.5, 0.6) is 0 Å². The lowest BCUT2D eigenvalue weighted by Crippen LogP contribution is -2.19. The van der Waals surface area contributed by atoms with Crippen molar-refractivity contribution in [3.05, 3.63) is 47.9 Å². The van der Waals surface area contributed by atoms with Gasteiger partial charge in [0.25, 0.3) is 0 Å². The van der Waals surface area contributed by atoms with Crippen LogP contribution in [0.15, 0.2) is 42.4 Å². The van der Waals surface area contributed by atoms with E-state index in [9.17, 15) is 0 Å². The van der Waals surface area contributed by atoms with Crippen LogP contribution in [0, 0.1) is 5.92 Å². The van der Waals surface area contributed by atoms with E-state index in [0.717, 1.165) is 12.2 Å².